The Kier molecular flexibility index (Phi) is 6.93. The zero-order chi connectivity index (χ0) is 19.8. The highest BCUT2D eigenvalue weighted by Crippen LogP contribution is 2.23. The Morgan fingerprint density at radius 3 is 2.30 bits per heavy atom. The van der Waals surface area contributed by atoms with Gasteiger partial charge in [0.05, 0.1) is 19.9 Å². The number of rotatable bonds is 7. The van der Waals surface area contributed by atoms with Crippen molar-refractivity contribution in [2.24, 2.45) is 0 Å². The number of para-hydroxylation sites is 1. The van der Waals surface area contributed by atoms with Crippen molar-refractivity contribution in [3.8, 4) is 11.5 Å². The average Bonchev–Trinajstić information content (AvgIpc) is 2.67. The van der Waals surface area contributed by atoms with Crippen molar-refractivity contribution in [2.75, 3.05) is 19.5 Å². The summed E-state index contributed by atoms with van der Waals surface area (Å²) in [6.07, 6.45) is 1.59. The molecule has 0 aliphatic carbocycles. The Bertz CT molecular complexity index is 828. The zero-order valence-corrected chi connectivity index (χ0v) is 15.2. The Morgan fingerprint density at radius 1 is 1.07 bits per heavy atom. The lowest BCUT2D eigenvalue weighted by Gasteiger charge is -2.12. The molecule has 2 rings (SSSR count). The third-order valence-electron chi connectivity index (χ3n) is 3.58. The van der Waals surface area contributed by atoms with Crippen LogP contribution >= 0.6 is 0 Å². The highest BCUT2D eigenvalue weighted by molar-refractivity contribution is 5.96. The van der Waals surface area contributed by atoms with E-state index in [9.17, 15) is 14.0 Å². The van der Waals surface area contributed by atoms with E-state index in [-0.39, 0.29) is 5.69 Å². The molecule has 6 nitrogen and oxygen atoms in total. The topological polar surface area (TPSA) is 73.9 Å². The third-order valence-corrected chi connectivity index (χ3v) is 3.58. The number of esters is 1. The Balaban J connectivity index is 1.97. The van der Waals surface area contributed by atoms with Gasteiger partial charge in [-0.1, -0.05) is 12.1 Å². The molecule has 0 unspecified atom stereocenters. The maximum atomic E-state index is 13.6. The fraction of sp³-hybridized carbons (Fsp3) is 0.200. The highest BCUT2D eigenvalue weighted by Gasteiger charge is 2.17. The third kappa shape index (κ3) is 5.85. The standard InChI is InChI=1S/C20H20FNO5/c1-13(20(24)22-18-7-5-4-6-17(18)21)27-19(23)9-8-14-10-15(25-2)12-16(11-14)26-3/h4-13H,1-3H3,(H,22,24)/b9-8+/t13-/m0/s1. The van der Waals surface area contributed by atoms with Gasteiger partial charge in [0.15, 0.2) is 6.10 Å². The molecule has 0 fully saturated rings. The van der Waals surface area contributed by atoms with E-state index < -0.39 is 23.8 Å². The number of ether oxygens (including phenoxy) is 3. The minimum atomic E-state index is -1.10. The van der Waals surface area contributed by atoms with E-state index in [2.05, 4.69) is 5.32 Å². The van der Waals surface area contributed by atoms with Crippen molar-refractivity contribution < 1.29 is 28.2 Å². The number of carbonyl (C=O) groups excluding carboxylic acids is 2. The second-order valence-corrected chi connectivity index (χ2v) is 5.53. The first kappa shape index (κ1) is 20.0. The fourth-order valence-corrected chi connectivity index (χ4v) is 2.15. The van der Waals surface area contributed by atoms with Crippen molar-refractivity contribution in [2.45, 2.75) is 13.0 Å². The smallest absolute Gasteiger partial charge is 0.331 e. The van der Waals surface area contributed by atoms with Crippen LogP contribution in [0.25, 0.3) is 6.08 Å². The van der Waals surface area contributed by atoms with E-state index in [0.717, 1.165) is 0 Å². The molecule has 27 heavy (non-hydrogen) atoms. The molecule has 142 valence electrons. The van der Waals surface area contributed by atoms with E-state index in [1.54, 1.807) is 24.3 Å². The summed E-state index contributed by atoms with van der Waals surface area (Å²) in [5.74, 6) is -0.783. The molecule has 0 saturated carbocycles. The van der Waals surface area contributed by atoms with Gasteiger partial charge in [-0.25, -0.2) is 9.18 Å². The van der Waals surface area contributed by atoms with Gasteiger partial charge in [-0.15, -0.1) is 0 Å². The van der Waals surface area contributed by atoms with Crippen LogP contribution in [0.3, 0.4) is 0 Å². The molecule has 1 N–H and O–H groups in total. The first-order valence-corrected chi connectivity index (χ1v) is 8.10. The molecular weight excluding hydrogens is 353 g/mol. The maximum absolute atomic E-state index is 13.6. The lowest BCUT2D eigenvalue weighted by Crippen LogP contribution is -2.29. The molecule has 0 aliphatic heterocycles. The van der Waals surface area contributed by atoms with Crippen molar-refractivity contribution in [3.63, 3.8) is 0 Å². The van der Waals surface area contributed by atoms with Gasteiger partial charge < -0.3 is 19.5 Å². The predicted molar refractivity (Wildman–Crippen MR) is 99.2 cm³/mol. The lowest BCUT2D eigenvalue weighted by atomic mass is 10.2. The molecule has 0 saturated heterocycles. The summed E-state index contributed by atoms with van der Waals surface area (Å²) < 4.78 is 28.9. The molecule has 0 heterocycles. The van der Waals surface area contributed by atoms with Gasteiger partial charge in [0, 0.05) is 12.1 Å². The van der Waals surface area contributed by atoms with E-state index in [1.807, 2.05) is 0 Å². The number of halogens is 1. The van der Waals surface area contributed by atoms with Gasteiger partial charge in [-0.3, -0.25) is 4.79 Å². The van der Waals surface area contributed by atoms with Gasteiger partial charge in [-0.2, -0.15) is 0 Å². The quantitative estimate of drug-likeness (QED) is 0.595. The molecular formula is C20H20FNO5. The van der Waals surface area contributed by atoms with Gasteiger partial charge >= 0.3 is 5.97 Å². The van der Waals surface area contributed by atoms with E-state index in [4.69, 9.17) is 14.2 Å². The second-order valence-electron chi connectivity index (χ2n) is 5.53. The molecule has 1 amide bonds. The average molecular weight is 373 g/mol. The largest absolute Gasteiger partial charge is 0.497 e. The number of methoxy groups -OCH3 is 2. The first-order chi connectivity index (χ1) is 12.9. The summed E-state index contributed by atoms with van der Waals surface area (Å²) in [6, 6.07) is 10.8. The number of hydrogen-bond donors (Lipinski definition) is 1. The predicted octanol–water partition coefficient (Wildman–Crippen LogP) is 3.43. The van der Waals surface area contributed by atoms with Crippen LogP contribution in [0.15, 0.2) is 48.5 Å². The van der Waals surface area contributed by atoms with Crippen LogP contribution in [-0.4, -0.2) is 32.2 Å². The van der Waals surface area contributed by atoms with Crippen LogP contribution < -0.4 is 14.8 Å². The fourth-order valence-electron chi connectivity index (χ4n) is 2.15. The first-order valence-electron chi connectivity index (χ1n) is 8.10. The summed E-state index contributed by atoms with van der Waals surface area (Å²) in [6.45, 7) is 1.40. The van der Waals surface area contributed by atoms with Crippen LogP contribution in [0.5, 0.6) is 11.5 Å². The number of amides is 1. The van der Waals surface area contributed by atoms with Gasteiger partial charge in [-0.05, 0) is 42.8 Å². The van der Waals surface area contributed by atoms with Crippen molar-refractivity contribution >= 4 is 23.6 Å². The van der Waals surface area contributed by atoms with Gasteiger partial charge in [0.2, 0.25) is 0 Å². The molecule has 0 bridgehead atoms. The van der Waals surface area contributed by atoms with Gasteiger partial charge in [0.1, 0.15) is 17.3 Å². The number of hydrogen-bond acceptors (Lipinski definition) is 5. The highest BCUT2D eigenvalue weighted by atomic mass is 19.1. The molecule has 0 aliphatic rings. The number of nitrogens with one attached hydrogen (secondary N) is 1. The van der Waals surface area contributed by atoms with E-state index in [0.29, 0.717) is 17.1 Å². The Labute approximate surface area is 156 Å². The van der Waals surface area contributed by atoms with Crippen LogP contribution in [-0.2, 0) is 14.3 Å². The minimum Gasteiger partial charge on any atom is -0.497 e. The summed E-state index contributed by atoms with van der Waals surface area (Å²) in [5.41, 5.74) is 0.677. The molecule has 2 aromatic carbocycles. The monoisotopic (exact) mass is 373 g/mol. The molecule has 2 aromatic rings. The van der Waals surface area contributed by atoms with Crippen LogP contribution in [0.4, 0.5) is 10.1 Å². The molecule has 7 heteroatoms. The maximum Gasteiger partial charge on any atom is 0.331 e. The van der Waals surface area contributed by atoms with Crippen LogP contribution in [0.2, 0.25) is 0 Å². The molecule has 0 spiro atoms. The van der Waals surface area contributed by atoms with Crippen molar-refractivity contribution in [1.82, 2.24) is 0 Å². The Hall–Kier alpha value is -3.35. The van der Waals surface area contributed by atoms with Crippen molar-refractivity contribution in [3.05, 3.63) is 59.9 Å². The van der Waals surface area contributed by atoms with Gasteiger partial charge in [0.25, 0.3) is 5.91 Å². The lowest BCUT2D eigenvalue weighted by molar-refractivity contribution is -0.148. The minimum absolute atomic E-state index is 0.0180. The number of anilines is 1. The SMILES string of the molecule is COc1cc(/C=C/C(=O)O[C@@H](C)C(=O)Nc2ccccc2F)cc(OC)c1. The van der Waals surface area contributed by atoms with Crippen LogP contribution in [0.1, 0.15) is 12.5 Å². The van der Waals surface area contributed by atoms with E-state index in [1.165, 1.54) is 51.5 Å². The van der Waals surface area contributed by atoms with E-state index >= 15 is 0 Å². The summed E-state index contributed by atoms with van der Waals surface area (Å²) in [7, 11) is 3.04. The van der Waals surface area contributed by atoms with Crippen molar-refractivity contribution in [1.29, 1.82) is 0 Å². The summed E-state index contributed by atoms with van der Waals surface area (Å²) >= 11 is 0. The molecule has 1 atom stereocenters. The molecule has 0 aromatic heterocycles. The number of benzene rings is 2. The summed E-state index contributed by atoms with van der Waals surface area (Å²) in [5, 5.41) is 2.37. The number of carbonyl (C=O) groups is 2. The normalized spacial score (nSPS) is 11.7. The van der Waals surface area contributed by atoms with Crippen LogP contribution in [0, 0.1) is 5.82 Å². The zero-order valence-electron chi connectivity index (χ0n) is 15.2. The Morgan fingerprint density at radius 2 is 1.70 bits per heavy atom. The second kappa shape index (κ2) is 9.38. The summed E-state index contributed by atoms with van der Waals surface area (Å²) in [4.78, 5) is 24.0. The molecule has 0 radical (unpaired) electrons.